The van der Waals surface area contributed by atoms with E-state index in [2.05, 4.69) is 20.6 Å². The Hall–Kier alpha value is -0.630. The molecule has 0 bridgehead atoms. The molecule has 0 fully saturated rings. The summed E-state index contributed by atoms with van der Waals surface area (Å²) in [5.74, 6) is 0.266. The van der Waals surface area contributed by atoms with Crippen molar-refractivity contribution in [3.63, 3.8) is 0 Å². The van der Waals surface area contributed by atoms with E-state index in [4.69, 9.17) is 0 Å². The van der Waals surface area contributed by atoms with E-state index in [1.165, 1.54) is 0 Å². The monoisotopic (exact) mass is 486 g/mol. The molecule has 0 aliphatic carbocycles. The van der Waals surface area contributed by atoms with Gasteiger partial charge in [-0.1, -0.05) is 0 Å². The molecule has 0 aliphatic heterocycles. The highest BCUT2D eigenvalue weighted by molar-refractivity contribution is 14.0. The normalized spacial score (nSPS) is 12.7. The zero-order chi connectivity index (χ0) is 16.8. The van der Waals surface area contributed by atoms with Crippen LogP contribution in [0, 0.1) is 0 Å². The molecule has 2 N–H and O–H groups in total. The summed E-state index contributed by atoms with van der Waals surface area (Å²) in [5, 5.41) is 6.84. The Bertz CT molecular complexity index is 617. The quantitative estimate of drug-likeness (QED) is 0.365. The molecule has 0 saturated heterocycles. The number of guanidine groups is 1. The SMILES string of the molecule is CCNC(=NCc1nc(C(F)(F)F)cs1)NCCS(C)(=O)=O.I. The van der Waals surface area contributed by atoms with Gasteiger partial charge in [0.25, 0.3) is 0 Å². The summed E-state index contributed by atoms with van der Waals surface area (Å²) < 4.78 is 59.3. The minimum atomic E-state index is -4.46. The van der Waals surface area contributed by atoms with Gasteiger partial charge in [0.15, 0.2) is 11.7 Å². The zero-order valence-corrected chi connectivity index (χ0v) is 16.4. The Labute approximate surface area is 153 Å². The lowest BCUT2D eigenvalue weighted by Gasteiger charge is -2.10. The van der Waals surface area contributed by atoms with Crippen molar-refractivity contribution < 1.29 is 21.6 Å². The molecular formula is C11H18F3IN4O2S2. The maximum atomic E-state index is 12.4. The molecule has 1 aromatic rings. The summed E-state index contributed by atoms with van der Waals surface area (Å²) in [4.78, 5) is 7.55. The van der Waals surface area contributed by atoms with Crippen molar-refractivity contribution in [2.24, 2.45) is 4.99 Å². The first kappa shape index (κ1) is 22.4. The van der Waals surface area contributed by atoms with Gasteiger partial charge in [-0.15, -0.1) is 35.3 Å². The van der Waals surface area contributed by atoms with Gasteiger partial charge >= 0.3 is 6.18 Å². The minimum Gasteiger partial charge on any atom is -0.357 e. The molecule has 0 aliphatic rings. The molecule has 0 amide bonds. The number of hydrogen-bond donors (Lipinski definition) is 2. The number of sulfone groups is 1. The molecule has 0 unspecified atom stereocenters. The van der Waals surface area contributed by atoms with Crippen LogP contribution in [0.2, 0.25) is 0 Å². The van der Waals surface area contributed by atoms with E-state index < -0.39 is 21.7 Å². The lowest BCUT2D eigenvalue weighted by molar-refractivity contribution is -0.140. The Morgan fingerprint density at radius 2 is 2.04 bits per heavy atom. The number of rotatable bonds is 6. The van der Waals surface area contributed by atoms with Gasteiger partial charge in [0.05, 0.1) is 12.3 Å². The molecule has 12 heteroatoms. The third-order valence-corrected chi connectivity index (χ3v) is 4.10. The van der Waals surface area contributed by atoms with Gasteiger partial charge in [-0.2, -0.15) is 13.2 Å². The van der Waals surface area contributed by atoms with Gasteiger partial charge < -0.3 is 10.6 Å². The van der Waals surface area contributed by atoms with Crippen molar-refractivity contribution in [3.8, 4) is 0 Å². The Morgan fingerprint density at radius 3 is 2.52 bits per heavy atom. The van der Waals surface area contributed by atoms with E-state index in [1.807, 2.05) is 6.92 Å². The molecule has 1 aromatic heterocycles. The number of alkyl halides is 3. The van der Waals surface area contributed by atoms with Crippen molar-refractivity contribution in [3.05, 3.63) is 16.1 Å². The average Bonchev–Trinajstić information content (AvgIpc) is 2.83. The fourth-order valence-electron chi connectivity index (χ4n) is 1.36. The van der Waals surface area contributed by atoms with E-state index >= 15 is 0 Å². The third kappa shape index (κ3) is 9.30. The van der Waals surface area contributed by atoms with Gasteiger partial charge in [0.1, 0.15) is 14.8 Å². The highest BCUT2D eigenvalue weighted by Gasteiger charge is 2.33. The second kappa shape index (κ2) is 9.61. The zero-order valence-electron chi connectivity index (χ0n) is 12.5. The van der Waals surface area contributed by atoms with Crippen LogP contribution < -0.4 is 10.6 Å². The largest absolute Gasteiger partial charge is 0.434 e. The lowest BCUT2D eigenvalue weighted by Crippen LogP contribution is -2.39. The number of hydrogen-bond acceptors (Lipinski definition) is 5. The predicted molar refractivity (Wildman–Crippen MR) is 95.1 cm³/mol. The number of aliphatic imine (C=N–C) groups is 1. The number of nitrogens with zero attached hydrogens (tertiary/aromatic N) is 2. The van der Waals surface area contributed by atoms with Crippen molar-refractivity contribution in [1.82, 2.24) is 15.6 Å². The summed E-state index contributed by atoms with van der Waals surface area (Å²) in [6, 6.07) is 0. The smallest absolute Gasteiger partial charge is 0.357 e. The molecule has 0 radical (unpaired) electrons. The molecular weight excluding hydrogens is 468 g/mol. The summed E-state index contributed by atoms with van der Waals surface area (Å²) in [5.41, 5.74) is -0.933. The number of thiazole rings is 1. The predicted octanol–water partition coefficient (Wildman–Crippen LogP) is 1.88. The first-order valence-corrected chi connectivity index (χ1v) is 9.27. The van der Waals surface area contributed by atoms with Crippen LogP contribution in [0.4, 0.5) is 13.2 Å². The molecule has 0 saturated carbocycles. The van der Waals surface area contributed by atoms with Crippen LogP contribution in [-0.2, 0) is 22.6 Å². The fourth-order valence-corrected chi connectivity index (χ4v) is 2.55. The minimum absolute atomic E-state index is 0. The standard InChI is InChI=1S/C11H17F3N4O2S2.HI/c1-3-15-10(16-4-5-22(2,19)20)17-6-9-18-8(7-21-9)11(12,13)14;/h7H,3-6H2,1-2H3,(H2,15,16,17);1H. The van der Waals surface area contributed by atoms with Crippen molar-refractivity contribution >= 4 is 51.1 Å². The van der Waals surface area contributed by atoms with E-state index in [0.717, 1.165) is 23.0 Å². The number of halogens is 4. The van der Waals surface area contributed by atoms with Gasteiger partial charge in [0.2, 0.25) is 0 Å². The molecule has 0 atom stereocenters. The van der Waals surface area contributed by atoms with E-state index in [1.54, 1.807) is 0 Å². The maximum absolute atomic E-state index is 12.4. The molecule has 0 aromatic carbocycles. The van der Waals surface area contributed by atoms with Crippen LogP contribution in [0.5, 0.6) is 0 Å². The van der Waals surface area contributed by atoms with Crippen molar-refractivity contribution in [1.29, 1.82) is 0 Å². The summed E-state index contributed by atoms with van der Waals surface area (Å²) in [6.45, 7) is 2.50. The van der Waals surface area contributed by atoms with Crippen LogP contribution in [0.15, 0.2) is 10.4 Å². The summed E-state index contributed by atoms with van der Waals surface area (Å²) >= 11 is 0.875. The Kier molecular flexibility index (Phi) is 9.35. The van der Waals surface area contributed by atoms with E-state index in [-0.39, 0.29) is 47.8 Å². The topological polar surface area (TPSA) is 83.4 Å². The molecule has 1 rings (SSSR count). The van der Waals surface area contributed by atoms with Crippen LogP contribution in [0.25, 0.3) is 0 Å². The van der Waals surface area contributed by atoms with E-state index in [0.29, 0.717) is 12.5 Å². The van der Waals surface area contributed by atoms with Crippen LogP contribution in [-0.4, -0.2) is 44.5 Å². The second-order valence-electron chi connectivity index (χ2n) is 4.38. The van der Waals surface area contributed by atoms with Gasteiger partial charge in [0, 0.05) is 24.7 Å². The van der Waals surface area contributed by atoms with Crippen LogP contribution >= 0.6 is 35.3 Å². The number of aromatic nitrogens is 1. The van der Waals surface area contributed by atoms with Gasteiger partial charge in [-0.05, 0) is 6.92 Å². The molecule has 23 heavy (non-hydrogen) atoms. The van der Waals surface area contributed by atoms with E-state index in [9.17, 15) is 21.6 Å². The maximum Gasteiger partial charge on any atom is 0.434 e. The third-order valence-electron chi connectivity index (χ3n) is 2.32. The van der Waals surface area contributed by atoms with Gasteiger partial charge in [-0.25, -0.2) is 18.4 Å². The Morgan fingerprint density at radius 1 is 1.39 bits per heavy atom. The first-order valence-electron chi connectivity index (χ1n) is 6.33. The molecule has 6 nitrogen and oxygen atoms in total. The molecule has 0 spiro atoms. The fraction of sp³-hybridized carbons (Fsp3) is 0.636. The first-order chi connectivity index (χ1) is 10.1. The highest BCUT2D eigenvalue weighted by atomic mass is 127. The average molecular weight is 486 g/mol. The lowest BCUT2D eigenvalue weighted by atomic mass is 10.5. The molecule has 134 valence electrons. The van der Waals surface area contributed by atoms with Gasteiger partial charge in [-0.3, -0.25) is 0 Å². The van der Waals surface area contributed by atoms with Crippen LogP contribution in [0.1, 0.15) is 17.6 Å². The van der Waals surface area contributed by atoms with Crippen molar-refractivity contribution in [2.75, 3.05) is 25.1 Å². The highest BCUT2D eigenvalue weighted by Crippen LogP contribution is 2.30. The number of nitrogens with one attached hydrogen (secondary N) is 2. The summed E-state index contributed by atoms with van der Waals surface area (Å²) in [7, 11) is -3.10. The summed E-state index contributed by atoms with van der Waals surface area (Å²) in [6.07, 6.45) is -3.34. The second-order valence-corrected chi connectivity index (χ2v) is 7.58. The Balaban J connectivity index is 0.00000484. The molecule has 1 heterocycles. The van der Waals surface area contributed by atoms with Crippen LogP contribution in [0.3, 0.4) is 0 Å². The van der Waals surface area contributed by atoms with Crippen molar-refractivity contribution in [2.45, 2.75) is 19.6 Å².